The van der Waals surface area contributed by atoms with E-state index in [-0.39, 0.29) is 22.5 Å². The molecule has 1 aliphatic rings. The third-order valence-corrected chi connectivity index (χ3v) is 8.74. The van der Waals surface area contributed by atoms with E-state index in [4.69, 9.17) is 16.3 Å². The highest BCUT2D eigenvalue weighted by molar-refractivity contribution is 7.92. The Morgan fingerprint density at radius 1 is 0.860 bits per heavy atom. The number of ether oxygens (including phenoxy) is 1. The van der Waals surface area contributed by atoms with Crippen LogP contribution in [-0.4, -0.2) is 58.4 Å². The zero-order valence-corrected chi connectivity index (χ0v) is 25.0. The summed E-state index contributed by atoms with van der Waals surface area (Å²) in [4.78, 5) is 26.8. The van der Waals surface area contributed by atoms with Crippen molar-refractivity contribution in [2.45, 2.75) is 11.3 Å². The summed E-state index contributed by atoms with van der Waals surface area (Å²) in [5.74, 6) is -0.125. The average Bonchev–Trinajstić information content (AvgIpc) is 2.98. The molecule has 1 fully saturated rings. The fourth-order valence-electron chi connectivity index (χ4n) is 4.63. The minimum Gasteiger partial charge on any atom is -0.495 e. The number of hydrogen-bond donors (Lipinski definition) is 3. The van der Waals surface area contributed by atoms with Gasteiger partial charge in [0.1, 0.15) is 10.6 Å². The summed E-state index contributed by atoms with van der Waals surface area (Å²) in [6, 6.07) is 25.7. The van der Waals surface area contributed by atoms with Crippen LogP contribution in [-0.2, 0) is 10.0 Å². The lowest BCUT2D eigenvalue weighted by Crippen LogP contribution is -2.41. The van der Waals surface area contributed by atoms with Crippen LogP contribution in [0, 0.1) is 0 Å². The van der Waals surface area contributed by atoms with Crippen LogP contribution in [0.4, 0.5) is 11.4 Å². The maximum Gasteiger partial charge on any atom is 0.265 e. The van der Waals surface area contributed by atoms with Gasteiger partial charge in [-0.3, -0.25) is 14.3 Å². The maximum atomic E-state index is 13.6. The molecule has 0 bridgehead atoms. The van der Waals surface area contributed by atoms with Gasteiger partial charge in [0.05, 0.1) is 23.4 Å². The topological polar surface area (TPSA) is 117 Å². The van der Waals surface area contributed by atoms with Crippen LogP contribution in [0.25, 0.3) is 11.1 Å². The Morgan fingerprint density at radius 3 is 2.35 bits per heavy atom. The Kier molecular flexibility index (Phi) is 9.18. The zero-order chi connectivity index (χ0) is 30.4. The van der Waals surface area contributed by atoms with Crippen molar-refractivity contribution in [2.24, 2.45) is 0 Å². The highest BCUT2D eigenvalue weighted by Crippen LogP contribution is 2.32. The van der Waals surface area contributed by atoms with Crippen molar-refractivity contribution in [3.63, 3.8) is 0 Å². The molecule has 4 aromatic rings. The number of nitrogens with zero attached hydrogens (tertiary/aromatic N) is 1. The van der Waals surface area contributed by atoms with E-state index in [0.717, 1.165) is 25.1 Å². The fraction of sp³-hybridized carbons (Fsp3) is 0.188. The van der Waals surface area contributed by atoms with E-state index in [0.29, 0.717) is 46.2 Å². The molecule has 0 spiro atoms. The quantitative estimate of drug-likeness (QED) is 0.191. The van der Waals surface area contributed by atoms with Crippen molar-refractivity contribution in [2.75, 3.05) is 43.3 Å². The maximum absolute atomic E-state index is 13.6. The summed E-state index contributed by atoms with van der Waals surface area (Å²) in [6.07, 6.45) is 1.000. The molecule has 9 nitrogen and oxygen atoms in total. The van der Waals surface area contributed by atoms with E-state index in [2.05, 4.69) is 15.4 Å². The lowest BCUT2D eigenvalue weighted by molar-refractivity contribution is 0.0651. The van der Waals surface area contributed by atoms with Gasteiger partial charge >= 0.3 is 0 Å². The summed E-state index contributed by atoms with van der Waals surface area (Å²) in [5.41, 5.74) is 3.32. The second-order valence-corrected chi connectivity index (χ2v) is 12.0. The molecule has 1 aliphatic heterocycles. The van der Waals surface area contributed by atoms with Crippen molar-refractivity contribution >= 4 is 44.8 Å². The van der Waals surface area contributed by atoms with E-state index in [1.807, 2.05) is 6.07 Å². The van der Waals surface area contributed by atoms with Gasteiger partial charge < -0.3 is 20.3 Å². The van der Waals surface area contributed by atoms with Crippen LogP contribution < -0.4 is 20.1 Å². The van der Waals surface area contributed by atoms with Crippen LogP contribution in [0.3, 0.4) is 0 Å². The molecule has 222 valence electrons. The number of likely N-dealkylation sites (tertiary alicyclic amines) is 1. The van der Waals surface area contributed by atoms with Crippen LogP contribution in [0.5, 0.6) is 5.75 Å². The largest absolute Gasteiger partial charge is 0.495 e. The number of carbonyl (C=O) groups excluding carboxylic acids is 2. The molecule has 0 unspecified atom stereocenters. The fourth-order valence-corrected chi connectivity index (χ4v) is 6.09. The Balaban J connectivity index is 1.27. The zero-order valence-electron chi connectivity index (χ0n) is 23.5. The molecule has 1 heterocycles. The number of nitrogens with one attached hydrogen (secondary N) is 3. The van der Waals surface area contributed by atoms with E-state index in [1.165, 1.54) is 13.2 Å². The van der Waals surface area contributed by atoms with Crippen LogP contribution in [0.15, 0.2) is 95.9 Å². The monoisotopic (exact) mass is 618 g/mol. The predicted octanol–water partition coefficient (Wildman–Crippen LogP) is 5.50. The normalized spacial score (nSPS) is 12.7. The highest BCUT2D eigenvalue weighted by Gasteiger charge is 2.23. The van der Waals surface area contributed by atoms with Crippen molar-refractivity contribution < 1.29 is 22.7 Å². The summed E-state index contributed by atoms with van der Waals surface area (Å²) < 4.78 is 35.1. The van der Waals surface area contributed by atoms with Gasteiger partial charge in [0.2, 0.25) is 0 Å². The number of halogens is 1. The SMILES string of the molecule is COc1ccc(-c2cccc(C(=O)N3CCC3)c2)cc1S(=O)(=O)Nc1cccc(NCCNC(=O)c2ccccc2Cl)c1. The molecular weight excluding hydrogens is 588 g/mol. The van der Waals surface area contributed by atoms with Gasteiger partial charge in [-0.1, -0.05) is 48.0 Å². The first-order valence-corrected chi connectivity index (χ1v) is 15.6. The molecule has 0 aliphatic carbocycles. The molecule has 43 heavy (non-hydrogen) atoms. The molecular formula is C32H31ClN4O5S. The Labute approximate surface area is 255 Å². The summed E-state index contributed by atoms with van der Waals surface area (Å²) >= 11 is 6.08. The minimum absolute atomic E-state index is 0.0346. The number of sulfonamides is 1. The summed E-state index contributed by atoms with van der Waals surface area (Å²) in [5, 5.41) is 6.36. The summed E-state index contributed by atoms with van der Waals surface area (Å²) in [7, 11) is -2.64. The summed E-state index contributed by atoms with van der Waals surface area (Å²) in [6.45, 7) is 2.23. The van der Waals surface area contributed by atoms with E-state index in [1.54, 1.807) is 83.8 Å². The van der Waals surface area contributed by atoms with Gasteiger partial charge in [0.25, 0.3) is 21.8 Å². The smallest absolute Gasteiger partial charge is 0.265 e. The van der Waals surface area contributed by atoms with Crippen LogP contribution in [0.2, 0.25) is 5.02 Å². The third-order valence-electron chi connectivity index (χ3n) is 7.01. The van der Waals surface area contributed by atoms with E-state index >= 15 is 0 Å². The molecule has 11 heteroatoms. The van der Waals surface area contributed by atoms with Crippen molar-refractivity contribution in [3.8, 4) is 16.9 Å². The Hall–Kier alpha value is -4.54. The molecule has 0 radical (unpaired) electrons. The molecule has 0 saturated carbocycles. The molecule has 4 aromatic carbocycles. The van der Waals surface area contributed by atoms with Gasteiger partial charge in [0.15, 0.2) is 0 Å². The number of hydrogen-bond acceptors (Lipinski definition) is 6. The minimum atomic E-state index is -4.06. The van der Waals surface area contributed by atoms with Gasteiger partial charge in [0, 0.05) is 37.4 Å². The van der Waals surface area contributed by atoms with Gasteiger partial charge in [-0.25, -0.2) is 8.42 Å². The van der Waals surface area contributed by atoms with Gasteiger partial charge in [-0.15, -0.1) is 0 Å². The van der Waals surface area contributed by atoms with Gasteiger partial charge in [-0.05, 0) is 72.1 Å². The van der Waals surface area contributed by atoms with Crippen LogP contribution >= 0.6 is 11.6 Å². The number of methoxy groups -OCH3 is 1. The number of benzene rings is 4. The first-order valence-electron chi connectivity index (χ1n) is 13.7. The van der Waals surface area contributed by atoms with Gasteiger partial charge in [-0.2, -0.15) is 0 Å². The molecule has 0 aromatic heterocycles. The number of amides is 2. The Morgan fingerprint density at radius 2 is 1.60 bits per heavy atom. The van der Waals surface area contributed by atoms with Crippen molar-refractivity contribution in [3.05, 3.63) is 107 Å². The number of carbonyl (C=O) groups is 2. The second-order valence-electron chi connectivity index (χ2n) is 9.94. The molecule has 0 atom stereocenters. The number of rotatable bonds is 11. The first kappa shape index (κ1) is 29.9. The number of anilines is 2. The lowest BCUT2D eigenvalue weighted by atomic mass is 10.0. The lowest BCUT2D eigenvalue weighted by Gasteiger charge is -2.31. The molecule has 3 N–H and O–H groups in total. The molecule has 2 amide bonds. The molecule has 1 saturated heterocycles. The van der Waals surface area contributed by atoms with E-state index < -0.39 is 10.0 Å². The van der Waals surface area contributed by atoms with E-state index in [9.17, 15) is 18.0 Å². The van der Waals surface area contributed by atoms with Crippen molar-refractivity contribution in [1.29, 1.82) is 0 Å². The van der Waals surface area contributed by atoms with Crippen LogP contribution in [0.1, 0.15) is 27.1 Å². The first-order chi connectivity index (χ1) is 20.7. The highest BCUT2D eigenvalue weighted by atomic mass is 35.5. The average molecular weight is 619 g/mol. The predicted molar refractivity (Wildman–Crippen MR) is 168 cm³/mol. The third kappa shape index (κ3) is 7.10. The standard InChI is InChI=1S/C32H31ClN4O5S/c1-42-29-14-13-23(22-7-4-8-24(19-22)32(39)37-17-6-18-37)20-30(29)43(40,41)36-26-10-5-9-25(21-26)34-15-16-35-31(38)27-11-2-3-12-28(27)33/h2-5,7-14,19-21,34,36H,6,15-18H2,1H3,(H,35,38). The van der Waals surface area contributed by atoms with Crippen molar-refractivity contribution in [1.82, 2.24) is 10.2 Å². The molecule has 5 rings (SSSR count). The Bertz CT molecular complexity index is 1760. The second kappa shape index (κ2) is 13.2.